The van der Waals surface area contributed by atoms with E-state index in [4.69, 9.17) is 9.15 Å². The van der Waals surface area contributed by atoms with E-state index in [9.17, 15) is 26.7 Å². The number of amides is 1. The molecule has 8 nitrogen and oxygen atoms in total. The SMILES string of the molecule is COc1nc(C(F)(F)F)ccc1-c1nnc(NCC(=O)N2CCC3(C2)CC3(F)F)o1. The van der Waals surface area contributed by atoms with E-state index in [2.05, 4.69) is 20.5 Å². The number of anilines is 1. The number of ether oxygens (including phenoxy) is 1. The van der Waals surface area contributed by atoms with Crippen LogP contribution in [0.2, 0.25) is 0 Å². The van der Waals surface area contributed by atoms with Crippen molar-refractivity contribution < 1.29 is 35.9 Å². The molecule has 2 aromatic heterocycles. The summed E-state index contributed by atoms with van der Waals surface area (Å²) >= 11 is 0. The first-order chi connectivity index (χ1) is 14.0. The van der Waals surface area contributed by atoms with Gasteiger partial charge in [0.15, 0.2) is 0 Å². The number of nitrogens with one attached hydrogen (secondary N) is 1. The molecule has 1 unspecified atom stereocenters. The van der Waals surface area contributed by atoms with Crippen molar-refractivity contribution in [1.82, 2.24) is 20.1 Å². The summed E-state index contributed by atoms with van der Waals surface area (Å²) in [5, 5.41) is 9.98. The summed E-state index contributed by atoms with van der Waals surface area (Å²) in [5.41, 5.74) is -2.20. The molecule has 0 radical (unpaired) electrons. The first-order valence-electron chi connectivity index (χ1n) is 8.90. The van der Waals surface area contributed by atoms with Crippen LogP contribution in [0.25, 0.3) is 11.5 Å². The van der Waals surface area contributed by atoms with Gasteiger partial charge in [-0.1, -0.05) is 5.10 Å². The molecule has 2 aliphatic rings. The summed E-state index contributed by atoms with van der Waals surface area (Å²) in [7, 11) is 1.15. The highest BCUT2D eigenvalue weighted by Gasteiger charge is 2.72. The van der Waals surface area contributed by atoms with Crippen LogP contribution in [0, 0.1) is 5.41 Å². The molecular formula is C17H16F5N5O3. The molecule has 1 amide bonds. The summed E-state index contributed by atoms with van der Waals surface area (Å²) in [6.45, 7) is -0.00465. The summed E-state index contributed by atoms with van der Waals surface area (Å²) in [6, 6.07) is 1.66. The standard InChI is InChI=1S/C17H16F5N5O3/c1-29-12-9(2-3-10(24-12)17(20,21)22)13-25-26-14(30-13)23-6-11(28)27-5-4-15(8-27)7-16(15,18)19/h2-3H,4-8H2,1H3,(H,23,26). The molecule has 162 valence electrons. The highest BCUT2D eigenvalue weighted by Crippen LogP contribution is 2.65. The summed E-state index contributed by atoms with van der Waals surface area (Å²) in [5.74, 6) is -3.64. The summed E-state index contributed by atoms with van der Waals surface area (Å²) < 4.78 is 75.4. The predicted octanol–water partition coefficient (Wildman–Crippen LogP) is 2.83. The number of carbonyl (C=O) groups excluding carboxylic acids is 1. The Balaban J connectivity index is 1.40. The number of likely N-dealkylation sites (tertiary alicyclic amines) is 1. The third-order valence-electron chi connectivity index (χ3n) is 5.31. The van der Waals surface area contributed by atoms with Crippen LogP contribution in [0.3, 0.4) is 0 Å². The van der Waals surface area contributed by atoms with Gasteiger partial charge < -0.3 is 19.4 Å². The van der Waals surface area contributed by atoms with E-state index in [0.29, 0.717) is 0 Å². The Kier molecular flexibility index (Phi) is 4.58. The summed E-state index contributed by atoms with van der Waals surface area (Å²) in [6.07, 6.45) is -4.59. The monoisotopic (exact) mass is 433 g/mol. The highest BCUT2D eigenvalue weighted by atomic mass is 19.4. The number of halogens is 5. The first kappa shape index (κ1) is 20.3. The van der Waals surface area contributed by atoms with Crippen LogP contribution >= 0.6 is 0 Å². The van der Waals surface area contributed by atoms with E-state index < -0.39 is 29.1 Å². The lowest BCUT2D eigenvalue weighted by molar-refractivity contribution is -0.141. The van der Waals surface area contributed by atoms with Crippen molar-refractivity contribution in [2.45, 2.75) is 24.9 Å². The van der Waals surface area contributed by atoms with Crippen molar-refractivity contribution in [2.24, 2.45) is 5.41 Å². The molecule has 1 aliphatic heterocycles. The third-order valence-corrected chi connectivity index (χ3v) is 5.31. The molecule has 1 N–H and O–H groups in total. The van der Waals surface area contributed by atoms with E-state index in [-0.39, 0.29) is 55.8 Å². The second-order valence-corrected chi connectivity index (χ2v) is 7.24. The van der Waals surface area contributed by atoms with Gasteiger partial charge in [0.05, 0.1) is 19.1 Å². The number of carbonyl (C=O) groups is 1. The van der Waals surface area contributed by atoms with Gasteiger partial charge in [0, 0.05) is 19.5 Å². The first-order valence-corrected chi connectivity index (χ1v) is 8.90. The second-order valence-electron chi connectivity index (χ2n) is 7.24. The smallest absolute Gasteiger partial charge is 0.433 e. The van der Waals surface area contributed by atoms with Crippen molar-refractivity contribution in [3.8, 4) is 17.3 Å². The van der Waals surface area contributed by atoms with Crippen LogP contribution in [0.1, 0.15) is 18.5 Å². The number of alkyl halides is 5. The molecule has 13 heteroatoms. The fourth-order valence-electron chi connectivity index (χ4n) is 3.49. The number of nitrogens with zero attached hydrogens (tertiary/aromatic N) is 4. The maximum absolute atomic E-state index is 13.4. The number of hydrogen-bond donors (Lipinski definition) is 1. The number of aromatic nitrogens is 3. The Morgan fingerprint density at radius 3 is 2.67 bits per heavy atom. The van der Waals surface area contributed by atoms with Crippen molar-refractivity contribution in [3.63, 3.8) is 0 Å². The molecule has 1 aliphatic carbocycles. The lowest BCUT2D eigenvalue weighted by Gasteiger charge is -2.16. The number of methoxy groups -OCH3 is 1. The quantitative estimate of drug-likeness (QED) is 0.725. The number of hydrogen-bond acceptors (Lipinski definition) is 7. The fourth-order valence-corrected chi connectivity index (χ4v) is 3.49. The fraction of sp³-hybridized carbons (Fsp3) is 0.529. The van der Waals surface area contributed by atoms with Crippen LogP contribution < -0.4 is 10.1 Å². The van der Waals surface area contributed by atoms with E-state index in [1.807, 2.05) is 0 Å². The summed E-state index contributed by atoms with van der Waals surface area (Å²) in [4.78, 5) is 17.0. The van der Waals surface area contributed by atoms with Gasteiger partial charge in [-0.3, -0.25) is 4.79 Å². The van der Waals surface area contributed by atoms with Crippen LogP contribution in [0.4, 0.5) is 28.0 Å². The van der Waals surface area contributed by atoms with Crippen molar-refractivity contribution in [3.05, 3.63) is 17.8 Å². The average molecular weight is 433 g/mol. The van der Waals surface area contributed by atoms with Gasteiger partial charge in [0.25, 0.3) is 11.8 Å². The van der Waals surface area contributed by atoms with Gasteiger partial charge in [0.1, 0.15) is 11.3 Å². The Bertz CT molecular complexity index is 979. The zero-order valence-corrected chi connectivity index (χ0v) is 15.6. The van der Waals surface area contributed by atoms with Crippen molar-refractivity contribution >= 4 is 11.9 Å². The molecule has 3 heterocycles. The van der Waals surface area contributed by atoms with Gasteiger partial charge in [-0.25, -0.2) is 13.8 Å². The second kappa shape index (κ2) is 6.77. The normalized spacial score (nSPS) is 22.4. The minimum atomic E-state index is -4.65. The highest BCUT2D eigenvalue weighted by molar-refractivity contribution is 5.80. The lowest BCUT2D eigenvalue weighted by atomic mass is 10.1. The maximum atomic E-state index is 13.4. The molecule has 30 heavy (non-hydrogen) atoms. The third kappa shape index (κ3) is 3.52. The Hall–Kier alpha value is -2.99. The van der Waals surface area contributed by atoms with Gasteiger partial charge in [-0.05, 0) is 18.6 Å². The molecule has 2 fully saturated rings. The van der Waals surface area contributed by atoms with E-state index in [1.54, 1.807) is 0 Å². The van der Waals surface area contributed by atoms with Crippen molar-refractivity contribution in [2.75, 3.05) is 32.1 Å². The minimum Gasteiger partial charge on any atom is -0.480 e. The van der Waals surface area contributed by atoms with Crippen LogP contribution in [-0.4, -0.2) is 58.7 Å². The Morgan fingerprint density at radius 2 is 2.07 bits per heavy atom. The largest absolute Gasteiger partial charge is 0.480 e. The average Bonchev–Trinajstić information content (AvgIpc) is 3.09. The number of rotatable bonds is 5. The van der Waals surface area contributed by atoms with Gasteiger partial charge in [-0.15, -0.1) is 5.10 Å². The molecule has 1 saturated heterocycles. The predicted molar refractivity (Wildman–Crippen MR) is 90.8 cm³/mol. The topological polar surface area (TPSA) is 93.4 Å². The van der Waals surface area contributed by atoms with Gasteiger partial charge >= 0.3 is 12.2 Å². The Morgan fingerprint density at radius 1 is 1.33 bits per heavy atom. The zero-order chi connectivity index (χ0) is 21.7. The zero-order valence-electron chi connectivity index (χ0n) is 15.6. The maximum Gasteiger partial charge on any atom is 0.433 e. The molecular weight excluding hydrogens is 417 g/mol. The molecule has 0 aromatic carbocycles. The molecule has 2 aromatic rings. The molecule has 4 rings (SSSR count). The van der Waals surface area contributed by atoms with Crippen LogP contribution in [-0.2, 0) is 11.0 Å². The van der Waals surface area contributed by atoms with E-state index >= 15 is 0 Å². The van der Waals surface area contributed by atoms with E-state index in [0.717, 1.165) is 19.2 Å². The lowest BCUT2D eigenvalue weighted by Crippen LogP contribution is -2.34. The molecule has 0 bridgehead atoms. The minimum absolute atomic E-state index is 0.00399. The molecule has 1 spiro atoms. The molecule has 1 atom stereocenters. The van der Waals surface area contributed by atoms with Crippen LogP contribution in [0.5, 0.6) is 5.88 Å². The Labute approximate surface area is 166 Å². The molecule has 1 saturated carbocycles. The van der Waals surface area contributed by atoms with Crippen LogP contribution in [0.15, 0.2) is 16.5 Å². The van der Waals surface area contributed by atoms with Gasteiger partial charge in [-0.2, -0.15) is 13.2 Å². The van der Waals surface area contributed by atoms with E-state index in [1.165, 1.54) is 4.90 Å². The van der Waals surface area contributed by atoms with Gasteiger partial charge in [0.2, 0.25) is 11.8 Å². The van der Waals surface area contributed by atoms with Crippen molar-refractivity contribution in [1.29, 1.82) is 0 Å². The number of pyridine rings is 1.